The molecule has 3 N–H and O–H groups in total. The van der Waals surface area contributed by atoms with Crippen molar-refractivity contribution in [3.63, 3.8) is 0 Å². The minimum atomic E-state index is -3.60. The summed E-state index contributed by atoms with van der Waals surface area (Å²) in [6.45, 7) is 19.2. The maximum Gasteiger partial charge on any atom is 0.266 e. The quantitative estimate of drug-likeness (QED) is 0.0633. The molecule has 0 bridgehead atoms. The number of morpholine rings is 1. The van der Waals surface area contributed by atoms with Gasteiger partial charge in [-0.2, -0.15) is 24.9 Å². The van der Waals surface area contributed by atoms with Crippen molar-refractivity contribution in [2.24, 2.45) is 5.92 Å². The number of halogens is 2. The molecule has 16 heterocycles. The van der Waals surface area contributed by atoms with Gasteiger partial charge in [-0.05, 0) is 230 Å². The molecule has 0 radical (unpaired) electrons. The number of carbonyl (C=O) groups is 5. The van der Waals surface area contributed by atoms with Gasteiger partial charge in [-0.25, -0.2) is 58.7 Å². The highest BCUT2D eigenvalue weighted by atomic mass is 35.5. The molecule has 34 nitrogen and oxygen atoms in total. The highest BCUT2D eigenvalue weighted by molar-refractivity contribution is 7.92. The number of anilines is 6. The molecule has 5 amide bonds. The highest BCUT2D eigenvalue weighted by Crippen LogP contribution is 2.45. The van der Waals surface area contributed by atoms with Gasteiger partial charge in [0.05, 0.1) is 118 Å². The minimum Gasteiger partial charge on any atom is -0.378 e. The third-order valence-corrected chi connectivity index (χ3v) is 30.4. The first-order valence-corrected chi connectivity index (χ1v) is 55.6. The third kappa shape index (κ3) is 22.5. The van der Waals surface area contributed by atoms with Crippen molar-refractivity contribution in [1.29, 1.82) is 0 Å². The van der Waals surface area contributed by atoms with Crippen LogP contribution in [0.5, 0.6) is 0 Å². The Kier molecular flexibility index (Phi) is 29.0. The molecule has 7 saturated heterocycles. The van der Waals surface area contributed by atoms with Crippen LogP contribution in [0.25, 0.3) is 22.6 Å². The number of hydrogen-bond acceptors (Lipinski definition) is 23. The number of hydrogen-bond donors (Lipinski definition) is 3. The number of rotatable bonds is 19. The van der Waals surface area contributed by atoms with E-state index in [1.54, 1.807) is 44.3 Å². The Labute approximate surface area is 834 Å². The maximum atomic E-state index is 14.0. The van der Waals surface area contributed by atoms with E-state index in [-0.39, 0.29) is 82.1 Å². The van der Waals surface area contributed by atoms with Crippen molar-refractivity contribution in [2.75, 3.05) is 120 Å². The first-order valence-electron chi connectivity index (χ1n) is 48.3. The SMILES string of the molecule is C#C[C@@H]1CCN(c2nc3cc([C@@H]4CCCCN4C(=O)c4cc(Cl)ccc4NS(C)(=O)=O)nn3cc2C)C1.CC#Cc1cc(N2CCOCC2)n2nc([C@@H]3CCCCN3C(=O)c3cc(Cl)ccc3NS(C)(=O)=O)cc2n1.Cc1cc(NS(C)(=O)=O)c(C(=O)N2CCCC[C@H]2c2cc3nc(C4CC4)cc(C)n3n2)s1.Cc1ccc(N2CCCC2=O)c(C(=O)N2CCCC[C@H]2c2cc3nc(C4CC4)cc(C)n3n2)c1. The number of benzene rings is 3. The number of nitrogens with one attached hydrogen (secondary N) is 3. The summed E-state index contributed by atoms with van der Waals surface area (Å²) in [5.74, 6) is 11.3. The monoisotopic (exact) mass is 2030 g/mol. The summed E-state index contributed by atoms with van der Waals surface area (Å²) >= 11 is 13.7. The number of terminal acetylenes is 1. The van der Waals surface area contributed by atoms with E-state index in [0.29, 0.717) is 107 Å². The summed E-state index contributed by atoms with van der Waals surface area (Å²) in [5, 5.41) is 20.2. The molecule has 5 atom stereocenters. The van der Waals surface area contributed by atoms with Gasteiger partial charge in [0.15, 0.2) is 22.6 Å². The number of ether oxygens (including phenoxy) is 1. The van der Waals surface area contributed by atoms with E-state index in [2.05, 4.69) is 66.9 Å². The van der Waals surface area contributed by atoms with Gasteiger partial charge >= 0.3 is 0 Å². The third-order valence-electron chi connectivity index (χ3n) is 27.2. The number of thiophene rings is 1. The van der Waals surface area contributed by atoms with Crippen LogP contribution in [-0.2, 0) is 39.6 Å². The lowest BCUT2D eigenvalue weighted by atomic mass is 9.97. The molecular formula is C101H116Cl2N22O12S4. The molecule has 0 unspecified atom stereocenters. The largest absolute Gasteiger partial charge is 0.378 e. The molecule has 2 aliphatic carbocycles. The van der Waals surface area contributed by atoms with Crippen LogP contribution in [0.4, 0.5) is 34.4 Å². The standard InChI is InChI=1S/C27H31N5O2.C26H29ClN6O4S.C26H29ClN6O3S.C22H27N5O3S2/c1-17-8-11-23(30-13-5-7-26(30)33)20(14-17)27(34)31-12-4-3-6-24(31)22-16-25-28-21(19-9-10-19)15-18(2)32(25)29-22;1-3-6-19-16-25(31-11-13-37-14-12-31)33-24(28-19)17-22(29-33)23-7-4-5-10-32(23)26(34)20-15-18(27)8-9-21(20)30-38(2,35)36;1-4-18-10-12-31(16-18)25-17(2)15-33-24(28-25)14-22(29-33)23-7-5-6-11-32(23)26(34)20-13-19(27)8-9-21(20)30-37(3,35)36;1-13-10-16(15-7-8-15)23-20-12-17(24-27(13)20)19-6-4-5-9-26(19)22(28)21-18(11-14(2)31-21)25-32(3,29)30/h8,11,14-16,19,24H,3-7,9-10,12-13H2,1-2H3;8-9,15-17,23,30H,4-5,7,10-14H2,1-2H3;1,8-9,13-15,18,23,30H,5-7,10-12,16H2,2-3H3;10-12,15,19,25H,4-9H2,1-3H3/t24-;23-;18-,23+;19-/m0010/s1. The first kappa shape index (κ1) is 98.9. The van der Waals surface area contributed by atoms with E-state index in [4.69, 9.17) is 74.7 Å². The average molecular weight is 2030 g/mol. The van der Waals surface area contributed by atoms with Gasteiger partial charge in [0.2, 0.25) is 36.0 Å². The van der Waals surface area contributed by atoms with Crippen LogP contribution in [0.2, 0.25) is 10.0 Å². The number of nitrogens with zero attached hydrogens (tertiary/aromatic N) is 19. The second kappa shape index (κ2) is 41.3. The first-order chi connectivity index (χ1) is 67.5. The predicted octanol–water partition coefficient (Wildman–Crippen LogP) is 16.0. The van der Waals surface area contributed by atoms with Gasteiger partial charge in [-0.15, -0.1) is 23.7 Å². The van der Waals surface area contributed by atoms with Gasteiger partial charge in [-0.3, -0.25) is 38.1 Å². The molecule has 7 aliphatic heterocycles. The zero-order valence-corrected chi connectivity index (χ0v) is 85.3. The molecule has 12 aromatic rings. The molecule has 40 heteroatoms. The van der Waals surface area contributed by atoms with E-state index in [0.717, 1.165) is 225 Å². The van der Waals surface area contributed by atoms with Gasteiger partial charge in [0, 0.05) is 163 Å². The number of likely N-dealkylation sites (tertiary alicyclic amines) is 4. The van der Waals surface area contributed by atoms with Crippen LogP contribution in [0.15, 0.2) is 109 Å². The normalized spacial score (nSPS) is 19.7. The van der Waals surface area contributed by atoms with Gasteiger partial charge in [0.1, 0.15) is 22.2 Å². The highest BCUT2D eigenvalue weighted by Gasteiger charge is 2.41. The summed E-state index contributed by atoms with van der Waals surface area (Å²) in [7, 11) is -10.7. The Morgan fingerprint density at radius 1 is 0.468 bits per heavy atom. The molecule has 9 aliphatic rings. The van der Waals surface area contributed by atoms with Gasteiger partial charge in [0.25, 0.3) is 23.6 Å². The topological polar surface area (TPSA) is 377 Å². The van der Waals surface area contributed by atoms with E-state index in [1.807, 2.05) is 99.7 Å². The zero-order chi connectivity index (χ0) is 99.2. The number of fused-ring (bicyclic) bond motifs is 4. The van der Waals surface area contributed by atoms with Crippen LogP contribution in [-0.4, -0.2) is 224 Å². The summed E-state index contributed by atoms with van der Waals surface area (Å²) in [6.07, 6.45) is 28.6. The van der Waals surface area contributed by atoms with Crippen molar-refractivity contribution >= 4 is 151 Å². The average Bonchev–Trinajstić information content (AvgIpc) is 1.68. The maximum absolute atomic E-state index is 14.0. The van der Waals surface area contributed by atoms with Gasteiger partial charge < -0.3 is 39.0 Å². The Bertz CT molecular complexity index is 7370. The van der Waals surface area contributed by atoms with E-state index < -0.39 is 30.1 Å². The van der Waals surface area contributed by atoms with Crippen molar-refractivity contribution in [3.8, 4) is 24.2 Å². The number of aryl methyl sites for hydroxylation is 5. The molecule has 21 rings (SSSR count). The number of amides is 5. The Balaban J connectivity index is 0.000000124. The summed E-state index contributed by atoms with van der Waals surface area (Å²) in [6, 6.07) is 30.0. The van der Waals surface area contributed by atoms with Crippen LogP contribution in [0.3, 0.4) is 0 Å². The lowest BCUT2D eigenvalue weighted by molar-refractivity contribution is -0.117. The second-order valence-electron chi connectivity index (χ2n) is 38.2. The lowest BCUT2D eigenvalue weighted by Gasteiger charge is -2.35. The van der Waals surface area contributed by atoms with Crippen molar-refractivity contribution in [1.82, 2.24) is 78.0 Å². The molecule has 2 saturated carbocycles. The summed E-state index contributed by atoms with van der Waals surface area (Å²) < 4.78 is 91.6. The second-order valence-corrected chi connectivity index (χ2v) is 45.6. The van der Waals surface area contributed by atoms with Crippen molar-refractivity contribution in [2.45, 2.75) is 200 Å². The van der Waals surface area contributed by atoms with Crippen LogP contribution < -0.4 is 28.9 Å². The minimum absolute atomic E-state index is 0.0106. The fourth-order valence-corrected chi connectivity index (χ4v) is 23.2. The smallest absolute Gasteiger partial charge is 0.266 e. The fourth-order valence-electron chi connectivity index (χ4n) is 20.2. The number of aromatic nitrogens is 12. The van der Waals surface area contributed by atoms with Crippen LogP contribution >= 0.6 is 34.5 Å². The lowest BCUT2D eigenvalue weighted by Crippen LogP contribution is -2.39. The molecule has 141 heavy (non-hydrogen) atoms. The molecule has 0 spiro atoms. The Morgan fingerprint density at radius 2 is 0.943 bits per heavy atom. The number of sulfonamides is 3. The molecule has 740 valence electrons. The predicted molar refractivity (Wildman–Crippen MR) is 545 cm³/mol. The van der Waals surface area contributed by atoms with E-state index in [1.165, 1.54) is 61.3 Å². The number of carbonyl (C=O) groups excluding carboxylic acids is 5. The van der Waals surface area contributed by atoms with Crippen molar-refractivity contribution < 1.29 is 54.0 Å². The van der Waals surface area contributed by atoms with Crippen molar-refractivity contribution in [3.05, 3.63) is 208 Å². The van der Waals surface area contributed by atoms with E-state index >= 15 is 0 Å². The molecule has 3 aromatic carbocycles. The van der Waals surface area contributed by atoms with Crippen LogP contribution in [0.1, 0.15) is 273 Å². The zero-order valence-electron chi connectivity index (χ0n) is 80.5. The Hall–Kier alpha value is -12.3. The van der Waals surface area contributed by atoms with E-state index in [9.17, 15) is 49.2 Å². The van der Waals surface area contributed by atoms with Crippen LogP contribution in [0, 0.1) is 64.7 Å². The summed E-state index contributed by atoms with van der Waals surface area (Å²) in [4.78, 5) is 102. The molecular weight excluding hydrogens is 1910 g/mol. The van der Waals surface area contributed by atoms with Gasteiger partial charge in [-0.1, -0.05) is 40.8 Å². The Morgan fingerprint density at radius 3 is 1.42 bits per heavy atom. The number of piperidine rings is 4. The fraction of sp³-hybridized carbons (Fsp3) is 0.455. The molecule has 9 fully saturated rings. The summed E-state index contributed by atoms with van der Waals surface area (Å²) in [5.41, 5.74) is 15.9. The molecule has 9 aromatic heterocycles.